The van der Waals surface area contributed by atoms with Gasteiger partial charge in [0.05, 0.1) is 22.9 Å². The molecule has 1 heterocycles. The number of aliphatic hydroxyl groups is 1. The number of aliphatic hydroxyl groups excluding tert-OH is 1. The monoisotopic (exact) mass is 349 g/mol. The molecule has 6 heteroatoms. The summed E-state index contributed by atoms with van der Waals surface area (Å²) in [5, 5.41) is 14.7. The van der Waals surface area contributed by atoms with Crippen molar-refractivity contribution in [3.63, 3.8) is 0 Å². The molecular formula is C13H24BrN3OS. The van der Waals surface area contributed by atoms with Gasteiger partial charge in [0, 0.05) is 17.0 Å². The lowest BCUT2D eigenvalue weighted by Gasteiger charge is -2.21. The normalized spacial score (nSPS) is 14.1. The number of hydrogen-bond donors (Lipinski definition) is 1. The summed E-state index contributed by atoms with van der Waals surface area (Å²) < 4.78 is 2.92. The third kappa shape index (κ3) is 5.85. The molecule has 1 atom stereocenters. The number of likely N-dealkylation sites (N-methyl/N-ethyl adjacent to an activating group) is 1. The molecule has 1 N–H and O–H groups in total. The summed E-state index contributed by atoms with van der Waals surface area (Å²) in [6.07, 6.45) is 1.26. The van der Waals surface area contributed by atoms with Crippen LogP contribution in [0.15, 0.2) is 10.7 Å². The summed E-state index contributed by atoms with van der Waals surface area (Å²) in [6.45, 7) is 8.15. The first-order valence-corrected chi connectivity index (χ1v) is 8.16. The number of aromatic nitrogens is 2. The fourth-order valence-corrected chi connectivity index (χ4v) is 2.96. The molecule has 0 aromatic carbocycles. The summed E-state index contributed by atoms with van der Waals surface area (Å²) in [4.78, 5) is 2.11. The second-order valence-electron chi connectivity index (χ2n) is 5.84. The van der Waals surface area contributed by atoms with Gasteiger partial charge < -0.3 is 10.0 Å². The van der Waals surface area contributed by atoms with Gasteiger partial charge in [0.1, 0.15) is 6.10 Å². The second-order valence-corrected chi connectivity index (χ2v) is 8.54. The highest BCUT2D eigenvalue weighted by Crippen LogP contribution is 2.31. The van der Waals surface area contributed by atoms with E-state index < -0.39 is 6.10 Å². The van der Waals surface area contributed by atoms with E-state index in [9.17, 15) is 5.11 Å². The number of rotatable bonds is 6. The summed E-state index contributed by atoms with van der Waals surface area (Å²) in [7, 11) is 4.06. The van der Waals surface area contributed by atoms with Crippen LogP contribution >= 0.6 is 27.7 Å². The van der Waals surface area contributed by atoms with Crippen molar-refractivity contribution in [1.29, 1.82) is 0 Å². The van der Waals surface area contributed by atoms with E-state index in [2.05, 4.69) is 46.7 Å². The van der Waals surface area contributed by atoms with Gasteiger partial charge in [-0.25, -0.2) is 0 Å². The zero-order valence-electron chi connectivity index (χ0n) is 12.4. The van der Waals surface area contributed by atoms with Crippen LogP contribution in [0.1, 0.15) is 32.6 Å². The molecule has 4 nitrogen and oxygen atoms in total. The molecule has 1 unspecified atom stereocenters. The minimum Gasteiger partial charge on any atom is -0.386 e. The van der Waals surface area contributed by atoms with Gasteiger partial charge in [0.2, 0.25) is 0 Å². The van der Waals surface area contributed by atoms with Crippen molar-refractivity contribution < 1.29 is 5.11 Å². The van der Waals surface area contributed by atoms with Crippen molar-refractivity contribution in [2.24, 2.45) is 0 Å². The molecule has 0 radical (unpaired) electrons. The third-order valence-corrected chi connectivity index (χ3v) is 4.54. The maximum absolute atomic E-state index is 10.4. The Hall–Kier alpha value is -0.0400. The predicted octanol–water partition coefficient (Wildman–Crippen LogP) is 2.77. The molecule has 0 spiro atoms. The van der Waals surface area contributed by atoms with Crippen molar-refractivity contribution in [1.82, 2.24) is 14.7 Å². The summed E-state index contributed by atoms with van der Waals surface area (Å²) in [6, 6.07) is 0. The molecule has 0 fully saturated rings. The Morgan fingerprint density at radius 3 is 2.63 bits per heavy atom. The molecule has 0 aliphatic heterocycles. The Bertz CT molecular complexity index is 401. The van der Waals surface area contributed by atoms with Crippen molar-refractivity contribution in [2.75, 3.05) is 26.4 Å². The Morgan fingerprint density at radius 2 is 2.11 bits per heavy atom. The minimum atomic E-state index is -0.497. The lowest BCUT2D eigenvalue weighted by molar-refractivity contribution is 0.189. The Balaban J connectivity index is 2.72. The van der Waals surface area contributed by atoms with Gasteiger partial charge in [-0.15, -0.1) is 0 Å². The molecule has 0 saturated carbocycles. The highest BCUT2D eigenvalue weighted by Gasteiger charge is 2.21. The first kappa shape index (κ1) is 17.0. The van der Waals surface area contributed by atoms with E-state index in [0.717, 1.165) is 23.3 Å². The zero-order valence-corrected chi connectivity index (χ0v) is 14.8. The maximum Gasteiger partial charge on any atom is 0.106 e. The molecule has 19 heavy (non-hydrogen) atoms. The average molecular weight is 350 g/mol. The van der Waals surface area contributed by atoms with Gasteiger partial charge in [0.15, 0.2) is 0 Å². The van der Waals surface area contributed by atoms with Crippen LogP contribution in [0.5, 0.6) is 0 Å². The minimum absolute atomic E-state index is 0.155. The van der Waals surface area contributed by atoms with E-state index in [1.807, 2.05) is 18.8 Å². The van der Waals surface area contributed by atoms with Crippen LogP contribution in [0.4, 0.5) is 0 Å². The van der Waals surface area contributed by atoms with Crippen molar-refractivity contribution in [3.05, 3.63) is 16.4 Å². The highest BCUT2D eigenvalue weighted by molar-refractivity contribution is 9.10. The molecule has 0 aliphatic rings. The first-order valence-electron chi connectivity index (χ1n) is 6.38. The van der Waals surface area contributed by atoms with E-state index in [0.29, 0.717) is 5.75 Å². The molecule has 0 aliphatic carbocycles. The van der Waals surface area contributed by atoms with E-state index in [1.165, 1.54) is 0 Å². The molecular weight excluding hydrogens is 326 g/mol. The lowest BCUT2D eigenvalue weighted by Crippen LogP contribution is -2.22. The first-order chi connectivity index (χ1) is 8.70. The van der Waals surface area contributed by atoms with Gasteiger partial charge in [0.25, 0.3) is 0 Å². The second kappa shape index (κ2) is 7.11. The van der Waals surface area contributed by atoms with Crippen LogP contribution in [-0.4, -0.2) is 50.9 Å². The molecule has 1 aromatic heterocycles. The predicted molar refractivity (Wildman–Crippen MR) is 85.7 cm³/mol. The highest BCUT2D eigenvalue weighted by atomic mass is 79.9. The van der Waals surface area contributed by atoms with Crippen molar-refractivity contribution in [2.45, 2.75) is 38.2 Å². The molecule has 0 saturated heterocycles. The van der Waals surface area contributed by atoms with Crippen molar-refractivity contribution >= 4 is 27.7 Å². The number of thioether (sulfide) groups is 1. The molecule has 0 bridgehead atoms. The van der Waals surface area contributed by atoms with Crippen molar-refractivity contribution in [3.8, 4) is 0 Å². The van der Waals surface area contributed by atoms with E-state index in [4.69, 9.17) is 0 Å². The average Bonchev–Trinajstić information content (AvgIpc) is 2.64. The van der Waals surface area contributed by atoms with E-state index in [1.54, 1.807) is 18.0 Å². The van der Waals surface area contributed by atoms with Gasteiger partial charge in [-0.2, -0.15) is 16.9 Å². The van der Waals surface area contributed by atoms with Gasteiger partial charge in [-0.05, 0) is 30.0 Å². The summed E-state index contributed by atoms with van der Waals surface area (Å²) in [5.74, 6) is 0.676. The van der Waals surface area contributed by atoms with Crippen LogP contribution < -0.4 is 0 Å². The van der Waals surface area contributed by atoms with Crippen LogP contribution in [0, 0.1) is 0 Å². The summed E-state index contributed by atoms with van der Waals surface area (Å²) >= 11 is 5.24. The van der Waals surface area contributed by atoms with E-state index in [-0.39, 0.29) is 4.75 Å². The van der Waals surface area contributed by atoms with Gasteiger partial charge in [-0.1, -0.05) is 20.8 Å². The maximum atomic E-state index is 10.4. The van der Waals surface area contributed by atoms with Crippen LogP contribution in [0.2, 0.25) is 0 Å². The van der Waals surface area contributed by atoms with Gasteiger partial charge in [-0.3, -0.25) is 4.68 Å². The lowest BCUT2D eigenvalue weighted by atomic mass is 10.2. The quantitative estimate of drug-likeness (QED) is 0.857. The fraction of sp³-hybridized carbons (Fsp3) is 0.769. The van der Waals surface area contributed by atoms with Crippen LogP contribution in [-0.2, 0) is 6.54 Å². The largest absolute Gasteiger partial charge is 0.386 e. The summed E-state index contributed by atoms with van der Waals surface area (Å²) in [5.41, 5.74) is 0.874. The molecule has 1 rings (SSSR count). The number of halogens is 1. The topological polar surface area (TPSA) is 41.3 Å². The van der Waals surface area contributed by atoms with Gasteiger partial charge >= 0.3 is 0 Å². The Labute approximate surface area is 128 Å². The zero-order chi connectivity index (χ0) is 14.6. The van der Waals surface area contributed by atoms with E-state index >= 15 is 0 Å². The van der Waals surface area contributed by atoms with Crippen LogP contribution in [0.25, 0.3) is 0 Å². The third-order valence-electron chi connectivity index (χ3n) is 2.58. The standard InChI is InChI=1S/C13H24BrN3OS/c1-13(2,3)19-9-11(18)12-10(14)8-15-17(12)7-6-16(4)5/h8,11,18H,6-7,9H2,1-5H3. The number of hydrogen-bond acceptors (Lipinski definition) is 4. The van der Waals surface area contributed by atoms with Crippen LogP contribution in [0.3, 0.4) is 0 Å². The smallest absolute Gasteiger partial charge is 0.106 e. The molecule has 0 amide bonds. The molecule has 1 aromatic rings. The fourth-order valence-electron chi connectivity index (χ4n) is 1.58. The number of nitrogens with zero attached hydrogens (tertiary/aromatic N) is 3. The SMILES string of the molecule is CN(C)CCn1ncc(Br)c1C(O)CSC(C)(C)C. The Morgan fingerprint density at radius 1 is 1.47 bits per heavy atom. The molecule has 110 valence electrons. The Kier molecular flexibility index (Phi) is 6.36.